The van der Waals surface area contributed by atoms with Gasteiger partial charge in [-0.05, 0) is 43.4 Å². The third-order valence-electron chi connectivity index (χ3n) is 18.7. The highest BCUT2D eigenvalue weighted by atomic mass is 31.2. The van der Waals surface area contributed by atoms with E-state index in [9.17, 15) is 43.2 Å². The molecule has 0 aliphatic carbocycles. The van der Waals surface area contributed by atoms with E-state index in [1.54, 1.807) is 0 Å². The van der Waals surface area contributed by atoms with Crippen LogP contribution in [0.5, 0.6) is 0 Å². The van der Waals surface area contributed by atoms with Crippen LogP contribution < -0.4 is 0 Å². The van der Waals surface area contributed by atoms with Gasteiger partial charge in [-0.2, -0.15) is 0 Å². The van der Waals surface area contributed by atoms with Crippen LogP contribution in [0.15, 0.2) is 0 Å². The lowest BCUT2D eigenvalue weighted by molar-refractivity contribution is -0.161. The number of esters is 4. The van der Waals surface area contributed by atoms with E-state index in [1.807, 2.05) is 0 Å². The van der Waals surface area contributed by atoms with E-state index < -0.39 is 97.5 Å². The molecular weight excluding hydrogens is 1280 g/mol. The SMILES string of the molecule is CCCCCCCCCCCCCCCCC(=O)OC[C@H](COP(=O)(O)OC[C@@H](O)COP(=O)(O)OC[C@@H](COC(=O)CCCCCCCCCCC(C)C)OC(=O)CCCCCCCCCCC(C)C)OC(=O)CCCCCCCCCCCCCCCCCCCCC(C)CC. The van der Waals surface area contributed by atoms with E-state index in [4.69, 9.17) is 37.0 Å². The van der Waals surface area contributed by atoms with Crippen LogP contribution in [0.3, 0.4) is 0 Å². The molecule has 0 heterocycles. The molecule has 0 spiro atoms. The molecule has 3 N–H and O–H groups in total. The maximum atomic E-state index is 13.1. The van der Waals surface area contributed by atoms with Crippen LogP contribution in [0.4, 0.5) is 0 Å². The molecule has 0 aliphatic rings. The van der Waals surface area contributed by atoms with Gasteiger partial charge in [0.15, 0.2) is 12.2 Å². The Labute approximate surface area is 600 Å². The second kappa shape index (κ2) is 69.4. The van der Waals surface area contributed by atoms with Crippen molar-refractivity contribution in [2.45, 2.75) is 426 Å². The summed E-state index contributed by atoms with van der Waals surface area (Å²) in [7, 11) is -9.92. The number of phosphoric ester groups is 2. The van der Waals surface area contributed by atoms with Gasteiger partial charge >= 0.3 is 39.5 Å². The summed E-state index contributed by atoms with van der Waals surface area (Å²) in [5.41, 5.74) is 0. The summed E-state index contributed by atoms with van der Waals surface area (Å²) in [5.74, 6) is 0.200. The molecule has 0 aromatic carbocycles. The first kappa shape index (κ1) is 96.1. The molecule has 0 radical (unpaired) electrons. The number of carbonyl (C=O) groups is 4. The van der Waals surface area contributed by atoms with Crippen LogP contribution in [-0.2, 0) is 65.4 Å². The summed E-state index contributed by atoms with van der Waals surface area (Å²) in [5, 5.41) is 10.6. The second-order valence-corrected chi connectivity index (χ2v) is 32.6. The average molecular weight is 1440 g/mol. The number of aliphatic hydroxyl groups is 1. The van der Waals surface area contributed by atoms with Crippen molar-refractivity contribution < 1.29 is 80.2 Å². The van der Waals surface area contributed by atoms with Gasteiger partial charge < -0.3 is 33.8 Å². The monoisotopic (exact) mass is 1440 g/mol. The van der Waals surface area contributed by atoms with Gasteiger partial charge in [-0.3, -0.25) is 37.3 Å². The standard InChI is InChI=1S/C79H154O17P2/c1-8-10-11-12-13-14-15-16-24-27-30-39-46-53-60-76(81)89-66-74(95-78(83)62-55-48-41-31-28-25-22-20-18-17-19-21-23-26-29-38-45-52-59-72(7)9-2)68-93-97(85,86)91-64-73(80)65-92-98(87,88)94-69-75(96-79(84)63-56-49-42-35-33-37-44-51-58-71(5)6)67-90-77(82)61-54-47-40-34-32-36-43-50-57-70(3)4/h70-75,80H,8-69H2,1-7H3,(H,85,86)(H,87,88)/t72?,73-,74-,75-/m1/s1. The van der Waals surface area contributed by atoms with Crippen molar-refractivity contribution in [1.82, 2.24) is 0 Å². The minimum absolute atomic E-state index is 0.104. The van der Waals surface area contributed by atoms with Crippen molar-refractivity contribution in [2.24, 2.45) is 17.8 Å². The highest BCUT2D eigenvalue weighted by Crippen LogP contribution is 2.45. The van der Waals surface area contributed by atoms with E-state index in [0.717, 1.165) is 108 Å². The molecule has 0 aliphatic heterocycles. The Morgan fingerprint density at radius 3 is 0.776 bits per heavy atom. The number of carbonyl (C=O) groups excluding carboxylic acids is 4. The molecule has 0 saturated heterocycles. The quantitative estimate of drug-likeness (QED) is 0.0222. The Morgan fingerprint density at radius 2 is 0.520 bits per heavy atom. The lowest BCUT2D eigenvalue weighted by Gasteiger charge is -2.21. The first-order valence-corrected chi connectivity index (χ1v) is 43.9. The zero-order valence-electron chi connectivity index (χ0n) is 64.3. The third kappa shape index (κ3) is 71.1. The Morgan fingerprint density at radius 1 is 0.296 bits per heavy atom. The predicted octanol–water partition coefficient (Wildman–Crippen LogP) is 23.4. The zero-order valence-corrected chi connectivity index (χ0v) is 66.0. The fourth-order valence-corrected chi connectivity index (χ4v) is 13.7. The van der Waals surface area contributed by atoms with Gasteiger partial charge in [-0.1, -0.05) is 357 Å². The number of unbranched alkanes of at least 4 members (excludes halogenated alkanes) is 44. The fourth-order valence-electron chi connectivity index (χ4n) is 12.1. The van der Waals surface area contributed by atoms with Crippen LogP contribution in [0.1, 0.15) is 408 Å². The van der Waals surface area contributed by atoms with Crippen molar-refractivity contribution in [3.8, 4) is 0 Å². The summed E-state index contributed by atoms with van der Waals surface area (Å²) in [6.07, 6.45) is 57.0. The van der Waals surface area contributed by atoms with Crippen LogP contribution in [0, 0.1) is 17.8 Å². The largest absolute Gasteiger partial charge is 0.472 e. The average Bonchev–Trinajstić information content (AvgIpc) is 0.936. The zero-order chi connectivity index (χ0) is 72.3. The fraction of sp³-hybridized carbons (Fsp3) is 0.949. The van der Waals surface area contributed by atoms with Crippen molar-refractivity contribution in [2.75, 3.05) is 39.6 Å². The lowest BCUT2D eigenvalue weighted by atomic mass is 9.99. The van der Waals surface area contributed by atoms with E-state index in [-0.39, 0.29) is 25.7 Å². The molecule has 582 valence electrons. The summed E-state index contributed by atoms with van der Waals surface area (Å²) in [6.45, 7) is 11.9. The smallest absolute Gasteiger partial charge is 0.462 e. The van der Waals surface area contributed by atoms with Crippen molar-refractivity contribution >= 4 is 39.5 Å². The van der Waals surface area contributed by atoms with Gasteiger partial charge in [0.25, 0.3) is 0 Å². The Bertz CT molecular complexity index is 1910. The van der Waals surface area contributed by atoms with Gasteiger partial charge in [-0.15, -0.1) is 0 Å². The maximum Gasteiger partial charge on any atom is 0.472 e. The first-order valence-electron chi connectivity index (χ1n) is 40.9. The molecule has 0 aromatic heterocycles. The van der Waals surface area contributed by atoms with Crippen LogP contribution in [0.25, 0.3) is 0 Å². The van der Waals surface area contributed by atoms with Gasteiger partial charge in [0.1, 0.15) is 19.3 Å². The predicted molar refractivity (Wildman–Crippen MR) is 400 cm³/mol. The molecule has 98 heavy (non-hydrogen) atoms. The molecular formula is C79H154O17P2. The number of hydrogen-bond donors (Lipinski definition) is 3. The molecule has 0 rings (SSSR count). The van der Waals surface area contributed by atoms with E-state index in [0.29, 0.717) is 25.7 Å². The topological polar surface area (TPSA) is 237 Å². The lowest BCUT2D eigenvalue weighted by Crippen LogP contribution is -2.30. The van der Waals surface area contributed by atoms with Crippen LogP contribution in [-0.4, -0.2) is 96.7 Å². The summed E-state index contributed by atoms with van der Waals surface area (Å²) in [6, 6.07) is 0. The van der Waals surface area contributed by atoms with E-state index >= 15 is 0 Å². The first-order chi connectivity index (χ1) is 47.3. The molecule has 3 unspecified atom stereocenters. The number of hydrogen-bond acceptors (Lipinski definition) is 15. The molecule has 6 atom stereocenters. The van der Waals surface area contributed by atoms with Gasteiger partial charge in [0.2, 0.25) is 0 Å². The number of aliphatic hydroxyl groups excluding tert-OH is 1. The van der Waals surface area contributed by atoms with Gasteiger partial charge in [0.05, 0.1) is 26.4 Å². The van der Waals surface area contributed by atoms with Crippen molar-refractivity contribution in [3.05, 3.63) is 0 Å². The molecule has 0 aromatic rings. The molecule has 0 fully saturated rings. The minimum Gasteiger partial charge on any atom is -0.462 e. The van der Waals surface area contributed by atoms with Gasteiger partial charge in [-0.25, -0.2) is 9.13 Å². The van der Waals surface area contributed by atoms with Crippen molar-refractivity contribution in [3.63, 3.8) is 0 Å². The summed E-state index contributed by atoms with van der Waals surface area (Å²) in [4.78, 5) is 72.9. The Kier molecular flexibility index (Phi) is 68.1. The van der Waals surface area contributed by atoms with E-state index in [2.05, 4.69) is 48.5 Å². The van der Waals surface area contributed by atoms with E-state index in [1.165, 1.54) is 218 Å². The van der Waals surface area contributed by atoms with Crippen LogP contribution >= 0.6 is 15.6 Å². The normalized spacial score (nSPS) is 14.3. The second-order valence-electron chi connectivity index (χ2n) is 29.6. The Balaban J connectivity index is 5.20. The molecule has 19 heteroatoms. The highest BCUT2D eigenvalue weighted by Gasteiger charge is 2.30. The van der Waals surface area contributed by atoms with Crippen LogP contribution in [0.2, 0.25) is 0 Å². The summed E-state index contributed by atoms with van der Waals surface area (Å²) >= 11 is 0. The highest BCUT2D eigenvalue weighted by molar-refractivity contribution is 7.47. The minimum atomic E-state index is -4.96. The Hall–Kier alpha value is -1.94. The summed E-state index contributed by atoms with van der Waals surface area (Å²) < 4.78 is 68.6. The maximum absolute atomic E-state index is 13.1. The number of phosphoric acid groups is 2. The number of ether oxygens (including phenoxy) is 4. The molecule has 0 amide bonds. The molecule has 0 saturated carbocycles. The third-order valence-corrected chi connectivity index (χ3v) is 20.6. The number of rotatable bonds is 77. The molecule has 17 nitrogen and oxygen atoms in total. The molecule has 0 bridgehead atoms. The van der Waals surface area contributed by atoms with Crippen molar-refractivity contribution in [1.29, 1.82) is 0 Å². The van der Waals surface area contributed by atoms with Gasteiger partial charge in [0, 0.05) is 25.7 Å².